The smallest absolute Gasteiger partial charge is 0.326 e. The Morgan fingerprint density at radius 1 is 1.64 bits per heavy atom. The summed E-state index contributed by atoms with van der Waals surface area (Å²) in [6.07, 6.45) is 5.37. The maximum Gasteiger partial charge on any atom is 0.362 e. The number of alkyl halides is 1. The van der Waals surface area contributed by atoms with Gasteiger partial charge in [-0.25, -0.2) is 0 Å². The third kappa shape index (κ3) is 1.27. The second-order valence-corrected chi connectivity index (χ2v) is 2.66. The van der Waals surface area contributed by atoms with Crippen molar-refractivity contribution in [1.82, 2.24) is 0 Å². The molecule has 2 unspecified atom stereocenters. The summed E-state index contributed by atoms with van der Waals surface area (Å²) in [6, 6.07) is 0. The van der Waals surface area contributed by atoms with E-state index in [0.29, 0.717) is 0 Å². The summed E-state index contributed by atoms with van der Waals surface area (Å²) in [6.45, 7) is 0. The lowest BCUT2D eigenvalue weighted by Gasteiger charge is -2.19. The van der Waals surface area contributed by atoms with Crippen LogP contribution in [-0.2, 0) is 0 Å². The van der Waals surface area contributed by atoms with Crippen molar-refractivity contribution >= 4 is 11.6 Å². The highest BCUT2D eigenvalue weighted by Gasteiger charge is 2.45. The molecule has 0 spiro atoms. The van der Waals surface area contributed by atoms with Gasteiger partial charge in [-0.3, -0.25) is 10.1 Å². The van der Waals surface area contributed by atoms with Crippen LogP contribution >= 0.6 is 11.6 Å². The number of aliphatic hydroxyl groups is 1. The first-order valence-electron chi connectivity index (χ1n) is 2.94. The maximum absolute atomic E-state index is 10.3. The lowest BCUT2D eigenvalue weighted by atomic mass is 10.1. The van der Waals surface area contributed by atoms with E-state index in [2.05, 4.69) is 0 Å². The van der Waals surface area contributed by atoms with Gasteiger partial charge in [0.25, 0.3) is 0 Å². The molecule has 0 aromatic heterocycles. The summed E-state index contributed by atoms with van der Waals surface area (Å²) in [5, 5.41) is 18.5. The number of allylic oxidation sites excluding steroid dienone is 2. The molecule has 60 valence electrons. The number of rotatable bonds is 1. The fourth-order valence-corrected chi connectivity index (χ4v) is 0.990. The first-order valence-corrected chi connectivity index (χ1v) is 3.38. The molecule has 0 aromatic rings. The minimum atomic E-state index is -2.14. The van der Waals surface area contributed by atoms with E-state index in [-0.39, 0.29) is 0 Å². The molecule has 5 heteroatoms. The lowest BCUT2D eigenvalue weighted by molar-refractivity contribution is -0.605. The van der Waals surface area contributed by atoms with E-state index in [4.69, 9.17) is 11.6 Å². The molecule has 1 aliphatic carbocycles. The van der Waals surface area contributed by atoms with Gasteiger partial charge in [-0.1, -0.05) is 18.2 Å². The van der Waals surface area contributed by atoms with Gasteiger partial charge in [-0.05, 0) is 0 Å². The molecule has 0 aliphatic heterocycles. The van der Waals surface area contributed by atoms with Crippen molar-refractivity contribution in [2.24, 2.45) is 0 Å². The van der Waals surface area contributed by atoms with Crippen LogP contribution in [0.3, 0.4) is 0 Å². The number of nitrogens with zero attached hydrogens (tertiary/aromatic N) is 1. The summed E-state index contributed by atoms with van der Waals surface area (Å²) in [5.41, 5.74) is -2.14. The molecule has 1 aliphatic rings. The predicted molar refractivity (Wildman–Crippen MR) is 39.9 cm³/mol. The van der Waals surface area contributed by atoms with E-state index < -0.39 is 16.0 Å². The molecule has 1 rings (SSSR count). The van der Waals surface area contributed by atoms with E-state index in [0.717, 1.165) is 6.08 Å². The van der Waals surface area contributed by atoms with Gasteiger partial charge in [0.1, 0.15) is 0 Å². The van der Waals surface area contributed by atoms with Crippen molar-refractivity contribution < 1.29 is 10.0 Å². The number of hydrogen-bond acceptors (Lipinski definition) is 3. The predicted octanol–water partition coefficient (Wildman–Crippen LogP) is 0.685. The van der Waals surface area contributed by atoms with E-state index in [1.807, 2.05) is 0 Å². The Morgan fingerprint density at radius 3 is 2.64 bits per heavy atom. The third-order valence-electron chi connectivity index (χ3n) is 1.43. The Morgan fingerprint density at radius 2 is 2.27 bits per heavy atom. The Kier molecular flexibility index (Phi) is 1.97. The van der Waals surface area contributed by atoms with Crippen LogP contribution in [0.15, 0.2) is 24.3 Å². The summed E-state index contributed by atoms with van der Waals surface area (Å²) in [7, 11) is 0. The molecule has 0 amide bonds. The van der Waals surface area contributed by atoms with Crippen LogP contribution in [0.1, 0.15) is 0 Å². The van der Waals surface area contributed by atoms with Crippen molar-refractivity contribution in [2.45, 2.75) is 11.1 Å². The molecule has 0 saturated heterocycles. The van der Waals surface area contributed by atoms with Gasteiger partial charge in [0.2, 0.25) is 0 Å². The van der Waals surface area contributed by atoms with Crippen molar-refractivity contribution in [3.05, 3.63) is 34.4 Å². The molecular weight excluding hydrogens is 170 g/mol. The van der Waals surface area contributed by atoms with Crippen molar-refractivity contribution in [1.29, 1.82) is 0 Å². The van der Waals surface area contributed by atoms with Crippen LogP contribution in [0, 0.1) is 10.1 Å². The summed E-state index contributed by atoms with van der Waals surface area (Å²) in [5.74, 6) is 0. The molecule has 4 nitrogen and oxygen atoms in total. The highest BCUT2D eigenvalue weighted by molar-refractivity contribution is 6.22. The average molecular weight is 176 g/mol. The Balaban J connectivity index is 2.94. The van der Waals surface area contributed by atoms with Crippen molar-refractivity contribution in [3.63, 3.8) is 0 Å². The molecule has 0 heterocycles. The van der Waals surface area contributed by atoms with Crippen LogP contribution in [0.5, 0.6) is 0 Å². The van der Waals surface area contributed by atoms with Crippen LogP contribution in [0.25, 0.3) is 0 Å². The molecule has 0 fully saturated rings. The number of nitro groups is 1. The third-order valence-corrected chi connectivity index (χ3v) is 1.90. The first-order chi connectivity index (χ1) is 5.07. The van der Waals surface area contributed by atoms with Gasteiger partial charge in [0.15, 0.2) is 5.38 Å². The minimum Gasteiger partial charge on any atom is -0.326 e. The summed E-state index contributed by atoms with van der Waals surface area (Å²) in [4.78, 5) is 9.46. The van der Waals surface area contributed by atoms with Gasteiger partial charge >= 0.3 is 5.72 Å². The second kappa shape index (κ2) is 2.64. The highest BCUT2D eigenvalue weighted by atomic mass is 35.5. The first kappa shape index (κ1) is 8.23. The Hall–Kier alpha value is -0.870. The zero-order valence-electron chi connectivity index (χ0n) is 5.48. The number of hydrogen-bond donors (Lipinski definition) is 1. The molecule has 0 radical (unpaired) electrons. The maximum atomic E-state index is 10.3. The summed E-state index contributed by atoms with van der Waals surface area (Å²) >= 11 is 5.49. The number of halogens is 1. The van der Waals surface area contributed by atoms with Crippen LogP contribution in [0.4, 0.5) is 0 Å². The largest absolute Gasteiger partial charge is 0.362 e. The minimum absolute atomic E-state index is 0.815. The fourth-order valence-electron chi connectivity index (χ4n) is 0.754. The molecule has 2 atom stereocenters. The van der Waals surface area contributed by atoms with Crippen LogP contribution in [-0.4, -0.2) is 21.1 Å². The monoisotopic (exact) mass is 175 g/mol. The quantitative estimate of drug-likeness (QED) is 0.276. The van der Waals surface area contributed by atoms with Crippen LogP contribution in [0.2, 0.25) is 0 Å². The van der Waals surface area contributed by atoms with E-state index >= 15 is 0 Å². The molecule has 0 bridgehead atoms. The Labute approximate surface area is 67.9 Å². The molecular formula is C6H6ClNO3. The molecule has 11 heavy (non-hydrogen) atoms. The normalized spacial score (nSPS) is 35.6. The van der Waals surface area contributed by atoms with Gasteiger partial charge in [-0.15, -0.1) is 11.6 Å². The van der Waals surface area contributed by atoms with Crippen molar-refractivity contribution in [2.75, 3.05) is 0 Å². The van der Waals surface area contributed by atoms with Crippen molar-refractivity contribution in [3.8, 4) is 0 Å². The van der Waals surface area contributed by atoms with Crippen LogP contribution < -0.4 is 0 Å². The van der Waals surface area contributed by atoms with Gasteiger partial charge in [-0.2, -0.15) is 0 Å². The van der Waals surface area contributed by atoms with E-state index in [1.54, 1.807) is 6.08 Å². The van der Waals surface area contributed by atoms with Gasteiger partial charge in [0, 0.05) is 6.08 Å². The zero-order chi connectivity index (χ0) is 8.48. The summed E-state index contributed by atoms with van der Waals surface area (Å²) < 4.78 is 0. The standard InChI is InChI=1S/C6H6ClNO3/c7-5-3-1-2-4-6(5,9)8(10)11/h1-5,9H. The van der Waals surface area contributed by atoms with E-state index in [1.165, 1.54) is 12.2 Å². The Bertz CT molecular complexity index is 238. The topological polar surface area (TPSA) is 63.4 Å². The molecule has 0 saturated carbocycles. The second-order valence-electron chi connectivity index (χ2n) is 2.19. The fraction of sp³-hybridized carbons (Fsp3) is 0.333. The highest BCUT2D eigenvalue weighted by Crippen LogP contribution is 2.23. The lowest BCUT2D eigenvalue weighted by Crippen LogP contribution is -2.44. The molecule has 0 aromatic carbocycles. The zero-order valence-corrected chi connectivity index (χ0v) is 6.23. The van der Waals surface area contributed by atoms with Gasteiger partial charge in [0.05, 0.1) is 4.92 Å². The van der Waals surface area contributed by atoms with Gasteiger partial charge < -0.3 is 5.11 Å². The van der Waals surface area contributed by atoms with E-state index in [9.17, 15) is 15.2 Å². The molecule has 1 N–H and O–H groups in total. The SMILES string of the molecule is O=[N+]([O-])C1(O)C=CC=CC1Cl. The average Bonchev–Trinajstić information content (AvgIpc) is 1.95.